The fraction of sp³-hybridized carbons (Fsp3) is 0.208. The lowest BCUT2D eigenvalue weighted by molar-refractivity contribution is -0.384. The summed E-state index contributed by atoms with van der Waals surface area (Å²) in [5.74, 6) is 0.424. The van der Waals surface area contributed by atoms with Crippen molar-refractivity contribution in [2.24, 2.45) is 0 Å². The molecule has 0 unspecified atom stereocenters. The third-order valence-electron chi connectivity index (χ3n) is 4.72. The second-order valence-electron chi connectivity index (χ2n) is 7.05. The molecule has 31 heavy (non-hydrogen) atoms. The molecule has 0 heterocycles. The van der Waals surface area contributed by atoms with Gasteiger partial charge in [-0.05, 0) is 36.2 Å². The number of non-ortho nitro benzene ring substituents is 1. The highest BCUT2D eigenvalue weighted by Crippen LogP contribution is 2.21. The number of aliphatic hydroxyl groups is 1. The number of carbonyl (C=O) groups is 1. The van der Waals surface area contributed by atoms with Crippen molar-refractivity contribution in [2.45, 2.75) is 18.9 Å². The van der Waals surface area contributed by atoms with Crippen LogP contribution in [0, 0.1) is 10.1 Å². The maximum absolute atomic E-state index is 12.7. The second-order valence-corrected chi connectivity index (χ2v) is 7.05. The van der Waals surface area contributed by atoms with Crippen molar-refractivity contribution in [3.05, 3.63) is 100 Å². The van der Waals surface area contributed by atoms with Gasteiger partial charge in [0, 0.05) is 30.8 Å². The molecule has 0 aromatic heterocycles. The van der Waals surface area contributed by atoms with E-state index < -0.39 is 11.0 Å². The summed E-state index contributed by atoms with van der Waals surface area (Å²) in [5.41, 5.74) is 2.25. The molecule has 0 bridgehead atoms. The number of nitrogens with zero attached hydrogens (tertiary/aromatic N) is 1. The van der Waals surface area contributed by atoms with E-state index >= 15 is 0 Å². The predicted octanol–water partition coefficient (Wildman–Crippen LogP) is 4.26. The molecular weight excluding hydrogens is 396 g/mol. The molecule has 0 spiro atoms. The molecule has 2 N–H and O–H groups in total. The number of nitro benzene ring substituents is 1. The van der Waals surface area contributed by atoms with E-state index in [0.717, 1.165) is 5.56 Å². The molecule has 3 aromatic rings. The number of carbonyl (C=O) groups excluding carboxylic acids is 1. The first-order chi connectivity index (χ1) is 15.0. The Balaban J connectivity index is 1.50. The number of nitro groups is 1. The van der Waals surface area contributed by atoms with Crippen LogP contribution in [0.25, 0.3) is 0 Å². The molecule has 0 amide bonds. The quantitative estimate of drug-likeness (QED) is 0.273. The molecule has 7 heteroatoms. The van der Waals surface area contributed by atoms with Crippen molar-refractivity contribution in [3.63, 3.8) is 0 Å². The Morgan fingerprint density at radius 1 is 1.00 bits per heavy atom. The molecule has 0 aliphatic heterocycles. The topological polar surface area (TPSA) is 102 Å². The number of Topliss-reactive ketones (excluding diaryl/α,β-unsaturated/α-hetero) is 1. The summed E-state index contributed by atoms with van der Waals surface area (Å²) in [7, 11) is 0. The third kappa shape index (κ3) is 6.65. The largest absolute Gasteiger partial charge is 0.490 e. The van der Waals surface area contributed by atoms with E-state index in [2.05, 4.69) is 5.32 Å². The van der Waals surface area contributed by atoms with E-state index in [0.29, 0.717) is 29.8 Å². The summed E-state index contributed by atoms with van der Waals surface area (Å²) in [6, 6.07) is 22.8. The Morgan fingerprint density at radius 2 is 1.68 bits per heavy atom. The first kappa shape index (κ1) is 22.0. The monoisotopic (exact) mass is 420 g/mol. The molecule has 160 valence electrons. The standard InChI is InChI=1S/C24H24N2O5/c27-21(16-25-19-11-13-20(14-12-19)26(29)30)17-31-24-9-5-4-8-22(24)23(28)15-10-18-6-2-1-3-7-18/h1-9,11-14,21,25,27H,10,15-17H2/t21-/m1/s1. The average Bonchev–Trinajstić information content (AvgIpc) is 2.81. The number of hydrogen-bond donors (Lipinski definition) is 2. The number of anilines is 1. The third-order valence-corrected chi connectivity index (χ3v) is 4.72. The van der Waals surface area contributed by atoms with Gasteiger partial charge in [0.1, 0.15) is 18.5 Å². The van der Waals surface area contributed by atoms with Gasteiger partial charge in [-0.1, -0.05) is 42.5 Å². The van der Waals surface area contributed by atoms with Crippen LogP contribution in [0.3, 0.4) is 0 Å². The van der Waals surface area contributed by atoms with Crippen molar-refractivity contribution in [1.82, 2.24) is 0 Å². The fourth-order valence-electron chi connectivity index (χ4n) is 3.04. The minimum atomic E-state index is -0.831. The van der Waals surface area contributed by atoms with Crippen LogP contribution in [-0.4, -0.2) is 35.1 Å². The van der Waals surface area contributed by atoms with Gasteiger partial charge < -0.3 is 15.2 Å². The highest BCUT2D eigenvalue weighted by Gasteiger charge is 2.14. The second kappa shape index (κ2) is 10.9. The highest BCUT2D eigenvalue weighted by molar-refractivity contribution is 5.98. The average molecular weight is 420 g/mol. The van der Waals surface area contributed by atoms with Gasteiger partial charge in [-0.3, -0.25) is 14.9 Å². The first-order valence-electron chi connectivity index (χ1n) is 9.98. The molecule has 3 rings (SSSR count). The lowest BCUT2D eigenvalue weighted by Crippen LogP contribution is -2.26. The van der Waals surface area contributed by atoms with Crippen LogP contribution in [0.15, 0.2) is 78.9 Å². The summed E-state index contributed by atoms with van der Waals surface area (Å²) >= 11 is 0. The van der Waals surface area contributed by atoms with Gasteiger partial charge in [0.15, 0.2) is 5.78 Å². The number of aliphatic hydroxyl groups excluding tert-OH is 1. The molecule has 3 aromatic carbocycles. The van der Waals surface area contributed by atoms with Gasteiger partial charge in [0.25, 0.3) is 5.69 Å². The lowest BCUT2D eigenvalue weighted by atomic mass is 10.0. The predicted molar refractivity (Wildman–Crippen MR) is 119 cm³/mol. The minimum Gasteiger partial charge on any atom is -0.490 e. The van der Waals surface area contributed by atoms with E-state index in [1.807, 2.05) is 30.3 Å². The zero-order chi connectivity index (χ0) is 22.1. The summed E-state index contributed by atoms with van der Waals surface area (Å²) in [5, 5.41) is 23.9. The van der Waals surface area contributed by atoms with E-state index in [1.54, 1.807) is 36.4 Å². The van der Waals surface area contributed by atoms with Crippen molar-refractivity contribution in [2.75, 3.05) is 18.5 Å². The molecule has 7 nitrogen and oxygen atoms in total. The van der Waals surface area contributed by atoms with Gasteiger partial charge >= 0.3 is 0 Å². The smallest absolute Gasteiger partial charge is 0.269 e. The van der Waals surface area contributed by atoms with Crippen molar-refractivity contribution < 1.29 is 19.6 Å². The van der Waals surface area contributed by atoms with Gasteiger partial charge in [-0.2, -0.15) is 0 Å². The highest BCUT2D eigenvalue weighted by atomic mass is 16.6. The molecule has 0 saturated heterocycles. The molecule has 0 aliphatic rings. The fourth-order valence-corrected chi connectivity index (χ4v) is 3.04. The molecule has 0 radical (unpaired) electrons. The van der Waals surface area contributed by atoms with Crippen LogP contribution in [0.1, 0.15) is 22.3 Å². The van der Waals surface area contributed by atoms with E-state index in [1.165, 1.54) is 12.1 Å². The number of hydrogen-bond acceptors (Lipinski definition) is 6. The van der Waals surface area contributed by atoms with Crippen LogP contribution in [-0.2, 0) is 6.42 Å². The lowest BCUT2D eigenvalue weighted by Gasteiger charge is -2.16. The molecule has 0 aliphatic carbocycles. The number of ether oxygens (including phenoxy) is 1. The van der Waals surface area contributed by atoms with Gasteiger partial charge in [-0.25, -0.2) is 0 Å². The van der Waals surface area contributed by atoms with E-state index in [4.69, 9.17) is 4.74 Å². The SMILES string of the molecule is O=C(CCc1ccccc1)c1ccccc1OC[C@H](O)CNc1ccc([N+](=O)[O-])cc1. The zero-order valence-corrected chi connectivity index (χ0v) is 16.9. The van der Waals surface area contributed by atoms with Gasteiger partial charge in [-0.15, -0.1) is 0 Å². The van der Waals surface area contributed by atoms with E-state index in [9.17, 15) is 20.0 Å². The van der Waals surface area contributed by atoms with Crippen molar-refractivity contribution in [3.8, 4) is 5.75 Å². The van der Waals surface area contributed by atoms with Crippen molar-refractivity contribution >= 4 is 17.2 Å². The molecule has 0 fully saturated rings. The number of para-hydroxylation sites is 1. The number of nitrogens with one attached hydrogen (secondary N) is 1. The molecule has 1 atom stereocenters. The molecule has 0 saturated carbocycles. The Morgan fingerprint density at radius 3 is 2.39 bits per heavy atom. The minimum absolute atomic E-state index is 0.00275. The maximum atomic E-state index is 12.7. The normalized spacial score (nSPS) is 11.5. The summed E-state index contributed by atoms with van der Waals surface area (Å²) in [6.45, 7) is 0.199. The van der Waals surface area contributed by atoms with Crippen LogP contribution >= 0.6 is 0 Å². The molecular formula is C24H24N2O5. The number of ketones is 1. The first-order valence-corrected chi connectivity index (χ1v) is 9.98. The number of rotatable bonds is 11. The summed E-state index contributed by atoms with van der Waals surface area (Å²) in [4.78, 5) is 22.9. The Labute approximate surface area is 180 Å². The number of aryl methyl sites for hydroxylation is 1. The Kier molecular flexibility index (Phi) is 7.73. The summed E-state index contributed by atoms with van der Waals surface area (Å²) in [6.07, 6.45) is 0.187. The summed E-state index contributed by atoms with van der Waals surface area (Å²) < 4.78 is 5.71. The Bertz CT molecular complexity index is 1010. The van der Waals surface area contributed by atoms with Gasteiger partial charge in [0.2, 0.25) is 0 Å². The van der Waals surface area contributed by atoms with Gasteiger partial charge in [0.05, 0.1) is 10.5 Å². The van der Waals surface area contributed by atoms with Crippen LogP contribution in [0.2, 0.25) is 0 Å². The Hall–Kier alpha value is -3.71. The van der Waals surface area contributed by atoms with E-state index in [-0.39, 0.29) is 24.6 Å². The maximum Gasteiger partial charge on any atom is 0.269 e. The van der Waals surface area contributed by atoms with Crippen LogP contribution in [0.4, 0.5) is 11.4 Å². The van der Waals surface area contributed by atoms with Crippen LogP contribution in [0.5, 0.6) is 5.75 Å². The van der Waals surface area contributed by atoms with Crippen LogP contribution < -0.4 is 10.1 Å². The number of benzene rings is 3. The van der Waals surface area contributed by atoms with Crippen molar-refractivity contribution in [1.29, 1.82) is 0 Å². The zero-order valence-electron chi connectivity index (χ0n) is 16.9.